The van der Waals surface area contributed by atoms with E-state index in [2.05, 4.69) is 5.32 Å². The summed E-state index contributed by atoms with van der Waals surface area (Å²) in [6.45, 7) is 5.93. The number of carbonyl (C=O) groups is 1. The second-order valence-electron chi connectivity index (χ2n) is 5.84. The van der Waals surface area contributed by atoms with Gasteiger partial charge >= 0.3 is 4.87 Å². The van der Waals surface area contributed by atoms with Crippen LogP contribution in [0.3, 0.4) is 0 Å². The van der Waals surface area contributed by atoms with Crippen molar-refractivity contribution in [2.45, 2.75) is 26.8 Å². The van der Waals surface area contributed by atoms with Crippen LogP contribution in [-0.2, 0) is 0 Å². The fourth-order valence-electron chi connectivity index (χ4n) is 2.59. The minimum Gasteiger partial charge on any atom is -0.322 e. The Morgan fingerprint density at radius 2 is 1.96 bits per heavy atom. The van der Waals surface area contributed by atoms with E-state index in [1.54, 1.807) is 10.6 Å². The highest BCUT2D eigenvalue weighted by Crippen LogP contribution is 2.24. The van der Waals surface area contributed by atoms with Gasteiger partial charge in [-0.25, -0.2) is 0 Å². The Kier molecular flexibility index (Phi) is 4.05. The Morgan fingerprint density at radius 1 is 1.17 bits per heavy atom. The maximum atomic E-state index is 12.3. The third-order valence-electron chi connectivity index (χ3n) is 3.67. The number of thiazole rings is 1. The normalized spacial score (nSPS) is 11.1. The molecule has 0 aliphatic heterocycles. The number of nitrogens with one attached hydrogen (secondary N) is 1. The van der Waals surface area contributed by atoms with E-state index in [0.717, 1.165) is 15.8 Å². The summed E-state index contributed by atoms with van der Waals surface area (Å²) in [5.41, 5.74) is 3.27. The van der Waals surface area contributed by atoms with Crippen LogP contribution in [0, 0.1) is 6.92 Å². The number of hydrogen-bond donors (Lipinski definition) is 1. The number of aryl methyl sites for hydroxylation is 1. The van der Waals surface area contributed by atoms with Crippen molar-refractivity contribution in [3.63, 3.8) is 0 Å². The number of fused-ring (bicyclic) bond motifs is 1. The maximum absolute atomic E-state index is 12.3. The number of rotatable bonds is 3. The van der Waals surface area contributed by atoms with Crippen molar-refractivity contribution in [2.75, 3.05) is 5.32 Å². The molecule has 118 valence electrons. The van der Waals surface area contributed by atoms with Crippen LogP contribution in [0.25, 0.3) is 10.2 Å². The maximum Gasteiger partial charge on any atom is 0.308 e. The van der Waals surface area contributed by atoms with Crippen molar-refractivity contribution >= 4 is 33.1 Å². The first-order valence-electron chi connectivity index (χ1n) is 7.49. The highest BCUT2D eigenvalue weighted by atomic mass is 32.1. The van der Waals surface area contributed by atoms with E-state index >= 15 is 0 Å². The second-order valence-corrected chi connectivity index (χ2v) is 6.83. The molecule has 1 amide bonds. The lowest BCUT2D eigenvalue weighted by molar-refractivity contribution is 0.102. The third kappa shape index (κ3) is 3.05. The minimum atomic E-state index is -0.149. The summed E-state index contributed by atoms with van der Waals surface area (Å²) >= 11 is 1.20. The fraction of sp³-hybridized carbons (Fsp3) is 0.222. The molecule has 3 aromatic rings. The summed E-state index contributed by atoms with van der Waals surface area (Å²) in [6.07, 6.45) is 0. The highest BCUT2D eigenvalue weighted by molar-refractivity contribution is 7.16. The first-order chi connectivity index (χ1) is 11.0. The molecule has 0 radical (unpaired) electrons. The third-order valence-corrected chi connectivity index (χ3v) is 4.59. The van der Waals surface area contributed by atoms with E-state index in [1.807, 2.05) is 57.2 Å². The van der Waals surface area contributed by atoms with Crippen molar-refractivity contribution in [1.29, 1.82) is 0 Å². The monoisotopic (exact) mass is 326 g/mol. The molecule has 1 N–H and O–H groups in total. The van der Waals surface area contributed by atoms with Gasteiger partial charge in [0.25, 0.3) is 5.91 Å². The second kappa shape index (κ2) is 6.01. The number of carbonyl (C=O) groups excluding carboxylic acids is 1. The molecule has 0 saturated heterocycles. The Labute approximate surface area is 138 Å². The van der Waals surface area contributed by atoms with E-state index in [4.69, 9.17) is 0 Å². The summed E-state index contributed by atoms with van der Waals surface area (Å²) in [6, 6.07) is 13.1. The summed E-state index contributed by atoms with van der Waals surface area (Å²) in [5, 5.41) is 2.89. The Morgan fingerprint density at radius 3 is 2.65 bits per heavy atom. The first kappa shape index (κ1) is 15.5. The Balaban J connectivity index is 1.92. The molecule has 0 aliphatic carbocycles. The van der Waals surface area contributed by atoms with Gasteiger partial charge in [-0.15, -0.1) is 0 Å². The molecule has 0 spiro atoms. The topological polar surface area (TPSA) is 51.1 Å². The molecule has 1 heterocycles. The number of hydrogen-bond acceptors (Lipinski definition) is 3. The molecule has 3 rings (SSSR count). The number of amides is 1. The smallest absolute Gasteiger partial charge is 0.308 e. The van der Waals surface area contributed by atoms with E-state index in [-0.39, 0.29) is 16.8 Å². The van der Waals surface area contributed by atoms with Gasteiger partial charge in [-0.1, -0.05) is 29.0 Å². The van der Waals surface area contributed by atoms with Crippen LogP contribution in [-0.4, -0.2) is 10.5 Å². The molecule has 23 heavy (non-hydrogen) atoms. The lowest BCUT2D eigenvalue weighted by Crippen LogP contribution is -2.14. The predicted octanol–water partition coefficient (Wildman–Crippen LogP) is 4.20. The van der Waals surface area contributed by atoms with Crippen molar-refractivity contribution in [3.8, 4) is 0 Å². The molecular weight excluding hydrogens is 308 g/mol. The van der Waals surface area contributed by atoms with Crippen LogP contribution in [0.4, 0.5) is 5.69 Å². The molecule has 1 aromatic heterocycles. The first-order valence-corrected chi connectivity index (χ1v) is 8.30. The zero-order valence-electron chi connectivity index (χ0n) is 13.3. The lowest BCUT2D eigenvalue weighted by Gasteiger charge is -2.09. The largest absolute Gasteiger partial charge is 0.322 e. The predicted molar refractivity (Wildman–Crippen MR) is 95.6 cm³/mol. The van der Waals surface area contributed by atoms with Gasteiger partial charge in [0.1, 0.15) is 0 Å². The van der Waals surface area contributed by atoms with Crippen molar-refractivity contribution in [3.05, 3.63) is 63.3 Å². The molecule has 0 fully saturated rings. The molecule has 5 heteroatoms. The molecule has 2 aromatic carbocycles. The molecular formula is C18H18N2O2S. The summed E-state index contributed by atoms with van der Waals surface area (Å²) in [5.74, 6) is -0.149. The Hall–Kier alpha value is -2.40. The van der Waals surface area contributed by atoms with Gasteiger partial charge in [-0.2, -0.15) is 0 Å². The molecule has 4 nitrogen and oxygen atoms in total. The summed E-state index contributed by atoms with van der Waals surface area (Å²) in [7, 11) is 0. The van der Waals surface area contributed by atoms with Gasteiger partial charge < -0.3 is 5.32 Å². The average Bonchev–Trinajstić information content (AvgIpc) is 2.82. The fourth-order valence-corrected chi connectivity index (χ4v) is 3.65. The Bertz CT molecular complexity index is 938. The van der Waals surface area contributed by atoms with Crippen molar-refractivity contribution in [2.24, 2.45) is 0 Å². The minimum absolute atomic E-state index is 0.0251. The number of anilines is 1. The standard InChI is InChI=1S/C18H18N2O2S/c1-11(2)20-15-8-7-14(10-16(15)23-18(20)22)19-17(21)13-6-4-5-12(3)9-13/h4-11H,1-3H3,(H,19,21). The molecule has 0 saturated carbocycles. The number of aromatic nitrogens is 1. The van der Waals surface area contributed by atoms with E-state index < -0.39 is 0 Å². The molecule has 0 aliphatic rings. The zero-order valence-corrected chi connectivity index (χ0v) is 14.1. The molecule has 0 unspecified atom stereocenters. The van der Waals surface area contributed by atoms with Gasteiger partial charge in [-0.05, 0) is 51.1 Å². The van der Waals surface area contributed by atoms with Crippen LogP contribution in [0.5, 0.6) is 0 Å². The van der Waals surface area contributed by atoms with Gasteiger partial charge in [0.15, 0.2) is 0 Å². The van der Waals surface area contributed by atoms with E-state index in [9.17, 15) is 9.59 Å². The van der Waals surface area contributed by atoms with E-state index in [1.165, 1.54) is 11.3 Å². The number of nitrogens with zero attached hydrogens (tertiary/aromatic N) is 1. The SMILES string of the molecule is Cc1cccc(C(=O)Nc2ccc3c(c2)sc(=O)n3C(C)C)c1. The zero-order chi connectivity index (χ0) is 16.6. The van der Waals surface area contributed by atoms with Crippen molar-refractivity contribution in [1.82, 2.24) is 4.57 Å². The van der Waals surface area contributed by atoms with Gasteiger partial charge in [-0.3, -0.25) is 14.2 Å². The van der Waals surface area contributed by atoms with Crippen LogP contribution in [0.1, 0.15) is 35.8 Å². The van der Waals surface area contributed by atoms with Gasteiger partial charge in [0, 0.05) is 17.3 Å². The van der Waals surface area contributed by atoms with Crippen LogP contribution < -0.4 is 10.2 Å². The lowest BCUT2D eigenvalue weighted by atomic mass is 10.1. The number of benzene rings is 2. The summed E-state index contributed by atoms with van der Waals surface area (Å²) in [4.78, 5) is 24.4. The highest BCUT2D eigenvalue weighted by Gasteiger charge is 2.12. The molecule has 0 atom stereocenters. The van der Waals surface area contributed by atoms with Crippen LogP contribution >= 0.6 is 11.3 Å². The quantitative estimate of drug-likeness (QED) is 0.784. The van der Waals surface area contributed by atoms with Crippen LogP contribution in [0.2, 0.25) is 0 Å². The van der Waals surface area contributed by atoms with Crippen molar-refractivity contribution < 1.29 is 4.79 Å². The van der Waals surface area contributed by atoms with Gasteiger partial charge in [0.2, 0.25) is 0 Å². The average molecular weight is 326 g/mol. The van der Waals surface area contributed by atoms with E-state index in [0.29, 0.717) is 11.3 Å². The van der Waals surface area contributed by atoms with Crippen LogP contribution in [0.15, 0.2) is 47.3 Å². The molecule has 0 bridgehead atoms. The van der Waals surface area contributed by atoms with Gasteiger partial charge in [0.05, 0.1) is 10.2 Å². The summed E-state index contributed by atoms with van der Waals surface area (Å²) < 4.78 is 2.65.